The second-order valence-corrected chi connectivity index (χ2v) is 9.99. The zero-order chi connectivity index (χ0) is 23.4. The highest BCUT2D eigenvalue weighted by Gasteiger charge is 2.26. The lowest BCUT2D eigenvalue weighted by Gasteiger charge is -2.08. The molecule has 4 heterocycles. The van der Waals surface area contributed by atoms with Crippen molar-refractivity contribution < 1.29 is 0 Å². The van der Waals surface area contributed by atoms with Gasteiger partial charge < -0.3 is 15.0 Å². The lowest BCUT2D eigenvalue weighted by atomic mass is 9.99. The summed E-state index contributed by atoms with van der Waals surface area (Å²) in [5.41, 5.74) is 17.4. The Bertz CT molecular complexity index is 1880. The van der Waals surface area contributed by atoms with Gasteiger partial charge in [-0.1, -0.05) is 72.8 Å². The van der Waals surface area contributed by atoms with Gasteiger partial charge in [0, 0.05) is 62.2 Å². The molecule has 3 heteroatoms. The van der Waals surface area contributed by atoms with E-state index in [9.17, 15) is 0 Å². The zero-order valence-corrected chi connectivity index (χ0v) is 19.4. The molecular formula is C33H21N3. The van der Waals surface area contributed by atoms with Crippen LogP contribution in [0.5, 0.6) is 0 Å². The van der Waals surface area contributed by atoms with Crippen molar-refractivity contribution in [3.63, 3.8) is 0 Å². The maximum atomic E-state index is 3.80. The summed E-state index contributed by atoms with van der Waals surface area (Å²) in [5.74, 6) is 0. The van der Waals surface area contributed by atoms with Crippen LogP contribution >= 0.6 is 0 Å². The van der Waals surface area contributed by atoms with E-state index >= 15 is 0 Å². The molecule has 0 spiro atoms. The van der Waals surface area contributed by atoms with Gasteiger partial charge in [0.2, 0.25) is 0 Å². The van der Waals surface area contributed by atoms with Crippen molar-refractivity contribution in [1.29, 1.82) is 0 Å². The van der Waals surface area contributed by atoms with E-state index in [1.165, 1.54) is 77.7 Å². The first-order valence-corrected chi connectivity index (χ1v) is 12.5. The van der Waals surface area contributed by atoms with Crippen LogP contribution in [0.15, 0.2) is 97.1 Å². The highest BCUT2D eigenvalue weighted by atomic mass is 14.8. The smallest absolute Gasteiger partial charge is 0.0559 e. The summed E-state index contributed by atoms with van der Waals surface area (Å²) >= 11 is 0. The summed E-state index contributed by atoms with van der Waals surface area (Å²) in [6.07, 6.45) is 0.933. The normalized spacial score (nSPS) is 12.9. The topological polar surface area (TPSA) is 47.4 Å². The lowest BCUT2D eigenvalue weighted by molar-refractivity contribution is 1.24. The number of nitrogens with one attached hydrogen (secondary N) is 3. The van der Waals surface area contributed by atoms with Crippen LogP contribution in [0.4, 0.5) is 0 Å². The largest absolute Gasteiger partial charge is 0.354 e. The standard InChI is InChI=1S/C33H21N3/c1-5-18-19-6-2-8-21-27(19)17-26(18)20(7-1)28-13-15-30(34-28)24-11-3-9-22-23-10-4-12-25(33(23)36-32(22)24)31-16-14-29(21)35-31/h1-16,34-36H,17H2. The minimum atomic E-state index is 0.933. The Morgan fingerprint density at radius 3 is 1.25 bits per heavy atom. The molecule has 3 aromatic heterocycles. The average molecular weight is 460 g/mol. The SMILES string of the molecule is c1cc2c3c(c1)-c1cccc(c1C3)-c1ccc([nH]1)-c1cccc3c1[nH]c1c(cccc13)-c1ccc-2[nH]1. The minimum absolute atomic E-state index is 0.933. The summed E-state index contributed by atoms with van der Waals surface area (Å²) in [6, 6.07) is 35.5. The Labute approximate surface area is 207 Å². The molecule has 0 fully saturated rings. The Balaban J connectivity index is 1.44. The molecule has 0 unspecified atom stereocenters. The van der Waals surface area contributed by atoms with Gasteiger partial charge in [0.15, 0.2) is 0 Å². The highest BCUT2D eigenvalue weighted by Crippen LogP contribution is 2.46. The molecule has 0 amide bonds. The number of hydrogen-bond acceptors (Lipinski definition) is 0. The third kappa shape index (κ3) is 2.28. The Kier molecular flexibility index (Phi) is 3.33. The molecule has 0 radical (unpaired) electrons. The fourth-order valence-corrected chi connectivity index (χ4v) is 6.56. The van der Waals surface area contributed by atoms with Gasteiger partial charge in [-0.25, -0.2) is 0 Å². The van der Waals surface area contributed by atoms with E-state index in [0.29, 0.717) is 0 Å². The monoisotopic (exact) mass is 459 g/mol. The van der Waals surface area contributed by atoms with Crippen LogP contribution in [0.2, 0.25) is 0 Å². The van der Waals surface area contributed by atoms with Crippen molar-refractivity contribution in [2.45, 2.75) is 6.42 Å². The van der Waals surface area contributed by atoms with Crippen LogP contribution in [-0.4, -0.2) is 15.0 Å². The van der Waals surface area contributed by atoms with E-state index in [1.807, 2.05) is 0 Å². The van der Waals surface area contributed by atoms with Crippen molar-refractivity contribution >= 4 is 21.8 Å². The molecule has 4 aromatic carbocycles. The number of aromatic nitrogens is 3. The van der Waals surface area contributed by atoms with Crippen LogP contribution in [0.25, 0.3) is 78.0 Å². The number of benzene rings is 4. The molecule has 7 aromatic rings. The summed E-state index contributed by atoms with van der Waals surface area (Å²) in [6.45, 7) is 0. The molecule has 0 saturated heterocycles. The molecule has 0 saturated carbocycles. The maximum Gasteiger partial charge on any atom is 0.0559 e. The summed E-state index contributed by atoms with van der Waals surface area (Å²) in [5, 5.41) is 2.49. The molecule has 8 bridgehead atoms. The first kappa shape index (κ1) is 18.6. The lowest BCUT2D eigenvalue weighted by Crippen LogP contribution is -1.91. The second-order valence-electron chi connectivity index (χ2n) is 9.99. The minimum Gasteiger partial charge on any atom is -0.354 e. The highest BCUT2D eigenvalue weighted by molar-refractivity contribution is 6.15. The Morgan fingerprint density at radius 1 is 0.361 bits per heavy atom. The molecule has 36 heavy (non-hydrogen) atoms. The molecule has 3 nitrogen and oxygen atoms in total. The first-order valence-electron chi connectivity index (χ1n) is 12.5. The third-order valence-corrected chi connectivity index (χ3v) is 8.20. The Hall–Kier alpha value is -4.76. The molecule has 2 aliphatic rings. The van der Waals surface area contributed by atoms with Gasteiger partial charge in [0.05, 0.1) is 11.0 Å². The average Bonchev–Trinajstić information content (AvgIpc) is 3.71. The molecule has 1 aliphatic carbocycles. The molecule has 168 valence electrons. The van der Waals surface area contributed by atoms with Crippen LogP contribution in [-0.2, 0) is 6.42 Å². The van der Waals surface area contributed by atoms with Crippen LogP contribution in [0.3, 0.4) is 0 Å². The number of aromatic amines is 3. The molecule has 3 N–H and O–H groups in total. The van der Waals surface area contributed by atoms with E-state index in [4.69, 9.17) is 0 Å². The fourth-order valence-electron chi connectivity index (χ4n) is 6.56. The molecule has 1 aliphatic heterocycles. The van der Waals surface area contributed by atoms with Crippen LogP contribution in [0, 0.1) is 0 Å². The van der Waals surface area contributed by atoms with E-state index in [2.05, 4.69) is 112 Å². The van der Waals surface area contributed by atoms with Crippen molar-refractivity contribution in [2.75, 3.05) is 0 Å². The number of para-hydroxylation sites is 2. The summed E-state index contributed by atoms with van der Waals surface area (Å²) in [7, 11) is 0. The number of fused-ring (bicyclic) bond motifs is 10. The Morgan fingerprint density at radius 2 is 0.750 bits per heavy atom. The van der Waals surface area contributed by atoms with E-state index < -0.39 is 0 Å². The maximum absolute atomic E-state index is 3.80. The van der Waals surface area contributed by atoms with Gasteiger partial charge in [-0.05, 0) is 46.5 Å². The van der Waals surface area contributed by atoms with E-state index in [-0.39, 0.29) is 0 Å². The molecular weight excluding hydrogens is 438 g/mol. The fraction of sp³-hybridized carbons (Fsp3) is 0.0303. The molecule has 0 atom stereocenters. The predicted molar refractivity (Wildman–Crippen MR) is 148 cm³/mol. The van der Waals surface area contributed by atoms with Crippen molar-refractivity contribution in [3.05, 3.63) is 108 Å². The van der Waals surface area contributed by atoms with E-state index in [1.54, 1.807) is 0 Å². The van der Waals surface area contributed by atoms with Gasteiger partial charge in [-0.2, -0.15) is 0 Å². The van der Waals surface area contributed by atoms with Gasteiger partial charge in [-0.15, -0.1) is 0 Å². The third-order valence-electron chi connectivity index (χ3n) is 8.20. The van der Waals surface area contributed by atoms with Crippen molar-refractivity contribution in [2.24, 2.45) is 0 Å². The van der Waals surface area contributed by atoms with Gasteiger partial charge in [0.1, 0.15) is 0 Å². The molecule has 9 rings (SSSR count). The number of hydrogen-bond donors (Lipinski definition) is 3. The summed E-state index contributed by atoms with van der Waals surface area (Å²) < 4.78 is 0. The quantitative estimate of drug-likeness (QED) is 0.203. The van der Waals surface area contributed by atoms with Gasteiger partial charge in [-0.3, -0.25) is 0 Å². The first-order chi connectivity index (χ1) is 17.8. The van der Waals surface area contributed by atoms with Crippen LogP contribution in [0.1, 0.15) is 11.1 Å². The van der Waals surface area contributed by atoms with Crippen LogP contribution < -0.4 is 0 Å². The van der Waals surface area contributed by atoms with E-state index in [0.717, 1.165) is 17.8 Å². The second kappa shape index (κ2) is 6.46. The predicted octanol–water partition coefficient (Wildman–Crippen LogP) is 8.53. The van der Waals surface area contributed by atoms with Gasteiger partial charge >= 0.3 is 0 Å². The van der Waals surface area contributed by atoms with Gasteiger partial charge in [0.25, 0.3) is 0 Å². The summed E-state index contributed by atoms with van der Waals surface area (Å²) in [4.78, 5) is 11.3. The van der Waals surface area contributed by atoms with Crippen molar-refractivity contribution in [3.8, 4) is 56.2 Å². The van der Waals surface area contributed by atoms with Crippen molar-refractivity contribution in [1.82, 2.24) is 15.0 Å². The number of H-pyrrole nitrogens is 3. The number of rotatable bonds is 0. The zero-order valence-electron chi connectivity index (χ0n) is 19.4.